The molecule has 0 aliphatic carbocycles. The van der Waals surface area contributed by atoms with Gasteiger partial charge < -0.3 is 15.4 Å². The fourth-order valence-corrected chi connectivity index (χ4v) is 2.31. The van der Waals surface area contributed by atoms with E-state index in [0.29, 0.717) is 11.9 Å². The van der Waals surface area contributed by atoms with Crippen LogP contribution in [0.15, 0.2) is 6.07 Å². The molecule has 5 nitrogen and oxygen atoms in total. The van der Waals surface area contributed by atoms with Crippen LogP contribution in [-0.2, 0) is 4.74 Å². The standard InChI is InChI=1S/C14H24N4O/c1-4-18(9-11-6-5-7-19-11)13-8-12(15)16-14(17-13)10(2)3/h8,10-11H,4-7,9H2,1-3H3,(H2,15,16,17). The Balaban J connectivity index is 2.16. The molecule has 1 aliphatic heterocycles. The molecule has 0 amide bonds. The molecule has 5 heteroatoms. The normalized spacial score (nSPS) is 19.1. The fourth-order valence-electron chi connectivity index (χ4n) is 2.31. The Morgan fingerprint density at radius 1 is 1.47 bits per heavy atom. The van der Waals surface area contributed by atoms with Gasteiger partial charge in [-0.1, -0.05) is 13.8 Å². The van der Waals surface area contributed by atoms with Crippen LogP contribution in [0.25, 0.3) is 0 Å². The number of anilines is 2. The minimum atomic E-state index is 0.281. The number of nitrogens with two attached hydrogens (primary N) is 1. The zero-order chi connectivity index (χ0) is 13.8. The van der Waals surface area contributed by atoms with Gasteiger partial charge in [0.25, 0.3) is 0 Å². The van der Waals surface area contributed by atoms with Gasteiger partial charge in [0.2, 0.25) is 0 Å². The van der Waals surface area contributed by atoms with Crippen molar-refractivity contribution in [1.29, 1.82) is 0 Å². The van der Waals surface area contributed by atoms with Gasteiger partial charge in [0, 0.05) is 31.7 Å². The lowest BCUT2D eigenvalue weighted by Gasteiger charge is -2.25. The van der Waals surface area contributed by atoms with Crippen LogP contribution in [0, 0.1) is 0 Å². The molecule has 2 rings (SSSR count). The van der Waals surface area contributed by atoms with Crippen molar-refractivity contribution in [1.82, 2.24) is 9.97 Å². The topological polar surface area (TPSA) is 64.3 Å². The second-order valence-corrected chi connectivity index (χ2v) is 5.34. The summed E-state index contributed by atoms with van der Waals surface area (Å²) in [6.07, 6.45) is 2.61. The number of likely N-dealkylation sites (N-methyl/N-ethyl adjacent to an activating group) is 1. The highest BCUT2D eigenvalue weighted by molar-refractivity contribution is 5.47. The van der Waals surface area contributed by atoms with E-state index in [1.807, 2.05) is 6.07 Å². The molecule has 0 saturated carbocycles. The van der Waals surface area contributed by atoms with Crippen LogP contribution >= 0.6 is 0 Å². The molecule has 106 valence electrons. The third-order valence-corrected chi connectivity index (χ3v) is 3.42. The van der Waals surface area contributed by atoms with Gasteiger partial charge in [-0.15, -0.1) is 0 Å². The number of ether oxygens (including phenoxy) is 1. The lowest BCUT2D eigenvalue weighted by atomic mass is 10.2. The van der Waals surface area contributed by atoms with E-state index in [2.05, 4.69) is 35.6 Å². The lowest BCUT2D eigenvalue weighted by molar-refractivity contribution is 0.115. The molecule has 1 atom stereocenters. The maximum Gasteiger partial charge on any atom is 0.135 e. The molecular weight excluding hydrogens is 240 g/mol. The van der Waals surface area contributed by atoms with E-state index in [1.54, 1.807) is 0 Å². The largest absolute Gasteiger partial charge is 0.384 e. The van der Waals surface area contributed by atoms with Crippen LogP contribution in [0.5, 0.6) is 0 Å². The van der Waals surface area contributed by atoms with Gasteiger partial charge in [0.15, 0.2) is 0 Å². The van der Waals surface area contributed by atoms with E-state index in [0.717, 1.165) is 44.2 Å². The summed E-state index contributed by atoms with van der Waals surface area (Å²) in [5.74, 6) is 2.54. The van der Waals surface area contributed by atoms with E-state index >= 15 is 0 Å². The van der Waals surface area contributed by atoms with Gasteiger partial charge >= 0.3 is 0 Å². The predicted molar refractivity (Wildman–Crippen MR) is 77.4 cm³/mol. The smallest absolute Gasteiger partial charge is 0.135 e. The van der Waals surface area contributed by atoms with Crippen molar-refractivity contribution < 1.29 is 4.74 Å². The van der Waals surface area contributed by atoms with Crippen LogP contribution in [0.3, 0.4) is 0 Å². The second-order valence-electron chi connectivity index (χ2n) is 5.34. The summed E-state index contributed by atoms with van der Waals surface area (Å²) in [6.45, 7) is 8.94. The molecule has 1 aromatic rings. The van der Waals surface area contributed by atoms with Gasteiger partial charge in [-0.05, 0) is 19.8 Å². The Labute approximate surface area is 115 Å². The van der Waals surface area contributed by atoms with Crippen LogP contribution in [0.1, 0.15) is 45.4 Å². The van der Waals surface area contributed by atoms with Crippen molar-refractivity contribution in [3.63, 3.8) is 0 Å². The minimum absolute atomic E-state index is 0.281. The van der Waals surface area contributed by atoms with Gasteiger partial charge in [0.1, 0.15) is 17.5 Å². The number of nitrogens with zero attached hydrogens (tertiary/aromatic N) is 3. The summed E-state index contributed by atoms with van der Waals surface area (Å²) in [7, 11) is 0. The summed E-state index contributed by atoms with van der Waals surface area (Å²) < 4.78 is 5.70. The Hall–Kier alpha value is -1.36. The highest BCUT2D eigenvalue weighted by Gasteiger charge is 2.20. The average molecular weight is 264 g/mol. The molecule has 1 saturated heterocycles. The number of aromatic nitrogens is 2. The van der Waals surface area contributed by atoms with Crippen molar-refractivity contribution in [2.75, 3.05) is 30.3 Å². The molecule has 2 heterocycles. The van der Waals surface area contributed by atoms with Crippen LogP contribution in [-0.4, -0.2) is 35.8 Å². The second kappa shape index (κ2) is 6.19. The van der Waals surface area contributed by atoms with Crippen LogP contribution < -0.4 is 10.6 Å². The first-order valence-electron chi connectivity index (χ1n) is 7.11. The summed E-state index contributed by atoms with van der Waals surface area (Å²) in [5, 5.41) is 0. The van der Waals surface area contributed by atoms with E-state index in [-0.39, 0.29) is 5.92 Å². The lowest BCUT2D eigenvalue weighted by Crippen LogP contribution is -2.33. The fraction of sp³-hybridized carbons (Fsp3) is 0.714. The van der Waals surface area contributed by atoms with Gasteiger partial charge in [-0.3, -0.25) is 0 Å². The third kappa shape index (κ3) is 3.56. The highest BCUT2D eigenvalue weighted by atomic mass is 16.5. The van der Waals surface area contributed by atoms with E-state index < -0.39 is 0 Å². The molecular formula is C14H24N4O. The first kappa shape index (κ1) is 14.1. The Kier molecular flexibility index (Phi) is 4.58. The molecule has 0 spiro atoms. The molecule has 1 unspecified atom stereocenters. The zero-order valence-electron chi connectivity index (χ0n) is 12.1. The number of hydrogen-bond donors (Lipinski definition) is 1. The molecule has 1 fully saturated rings. The van der Waals surface area contributed by atoms with Gasteiger partial charge in [0.05, 0.1) is 6.10 Å². The molecule has 0 bridgehead atoms. The van der Waals surface area contributed by atoms with Crippen molar-refractivity contribution >= 4 is 11.6 Å². The number of rotatable bonds is 5. The Morgan fingerprint density at radius 3 is 2.84 bits per heavy atom. The predicted octanol–water partition coefficient (Wildman–Crippen LogP) is 2.19. The Bertz CT molecular complexity index is 416. The number of hydrogen-bond acceptors (Lipinski definition) is 5. The molecule has 2 N–H and O–H groups in total. The summed E-state index contributed by atoms with van der Waals surface area (Å²) >= 11 is 0. The molecule has 19 heavy (non-hydrogen) atoms. The van der Waals surface area contributed by atoms with Crippen molar-refractivity contribution in [3.8, 4) is 0 Å². The number of nitrogen functional groups attached to an aromatic ring is 1. The van der Waals surface area contributed by atoms with E-state index in [1.165, 1.54) is 0 Å². The molecule has 1 aromatic heterocycles. The zero-order valence-corrected chi connectivity index (χ0v) is 12.1. The van der Waals surface area contributed by atoms with Crippen molar-refractivity contribution in [2.45, 2.75) is 45.6 Å². The van der Waals surface area contributed by atoms with Crippen molar-refractivity contribution in [2.24, 2.45) is 0 Å². The van der Waals surface area contributed by atoms with Crippen LogP contribution in [0.4, 0.5) is 11.6 Å². The van der Waals surface area contributed by atoms with Gasteiger partial charge in [-0.25, -0.2) is 9.97 Å². The SMILES string of the molecule is CCN(CC1CCCO1)c1cc(N)nc(C(C)C)n1. The molecule has 0 radical (unpaired) electrons. The van der Waals surface area contributed by atoms with Crippen LogP contribution in [0.2, 0.25) is 0 Å². The summed E-state index contributed by atoms with van der Waals surface area (Å²) in [4.78, 5) is 11.1. The van der Waals surface area contributed by atoms with Gasteiger partial charge in [-0.2, -0.15) is 0 Å². The maximum absolute atomic E-state index is 5.89. The molecule has 1 aliphatic rings. The summed E-state index contributed by atoms with van der Waals surface area (Å²) in [6, 6.07) is 1.85. The average Bonchev–Trinajstić information content (AvgIpc) is 2.88. The molecule has 0 aromatic carbocycles. The Morgan fingerprint density at radius 2 is 2.26 bits per heavy atom. The first-order chi connectivity index (χ1) is 9.10. The first-order valence-corrected chi connectivity index (χ1v) is 7.11. The highest BCUT2D eigenvalue weighted by Crippen LogP contribution is 2.21. The third-order valence-electron chi connectivity index (χ3n) is 3.42. The monoisotopic (exact) mass is 264 g/mol. The quantitative estimate of drug-likeness (QED) is 0.883. The van der Waals surface area contributed by atoms with E-state index in [4.69, 9.17) is 10.5 Å². The minimum Gasteiger partial charge on any atom is -0.384 e. The maximum atomic E-state index is 5.89. The van der Waals surface area contributed by atoms with Crippen molar-refractivity contribution in [3.05, 3.63) is 11.9 Å². The van der Waals surface area contributed by atoms with E-state index in [9.17, 15) is 0 Å². The summed E-state index contributed by atoms with van der Waals surface area (Å²) in [5.41, 5.74) is 5.89.